The molecule has 1 aliphatic heterocycles. The highest BCUT2D eigenvalue weighted by Gasteiger charge is 2.41. The third kappa shape index (κ3) is 4.00. The molecule has 5 rings (SSSR count). The SMILES string of the molecule is Cn1cnnc1C1(F)CCN(c2c(-c3cnc4nn(C(C)(C)C)cc4c3)ncc(Cl)c2C#N)CC1. The summed E-state index contributed by atoms with van der Waals surface area (Å²) >= 11 is 6.38. The topological polar surface area (TPSA) is 101 Å². The van der Waals surface area contributed by atoms with E-state index in [9.17, 15) is 5.26 Å². The summed E-state index contributed by atoms with van der Waals surface area (Å²) in [6.07, 6.45) is 7.03. The monoisotopic (exact) mass is 493 g/mol. The number of aromatic nitrogens is 7. The predicted molar refractivity (Wildman–Crippen MR) is 131 cm³/mol. The molecule has 9 nitrogen and oxygen atoms in total. The summed E-state index contributed by atoms with van der Waals surface area (Å²) in [4.78, 5) is 11.1. The van der Waals surface area contributed by atoms with Crippen LogP contribution >= 0.6 is 11.6 Å². The zero-order chi connectivity index (χ0) is 25.0. The number of nitrogens with zero attached hydrogens (tertiary/aromatic N) is 9. The third-order valence-corrected chi connectivity index (χ3v) is 6.71. The maximum Gasteiger partial charge on any atom is 0.181 e. The molecule has 0 N–H and O–H groups in total. The van der Waals surface area contributed by atoms with E-state index >= 15 is 4.39 Å². The molecular formula is C24H25ClFN9. The summed E-state index contributed by atoms with van der Waals surface area (Å²) in [6, 6.07) is 4.18. The van der Waals surface area contributed by atoms with Gasteiger partial charge in [0.25, 0.3) is 0 Å². The fraction of sp³-hybridized carbons (Fsp3) is 0.417. The lowest BCUT2D eigenvalue weighted by atomic mass is 9.91. The van der Waals surface area contributed by atoms with Crippen LogP contribution in [0.25, 0.3) is 22.3 Å². The van der Waals surface area contributed by atoms with Gasteiger partial charge in [0.05, 0.1) is 27.5 Å². The minimum absolute atomic E-state index is 0.187. The van der Waals surface area contributed by atoms with Crippen LogP contribution in [0.4, 0.5) is 10.1 Å². The first-order chi connectivity index (χ1) is 16.6. The van der Waals surface area contributed by atoms with Gasteiger partial charge in [-0.25, -0.2) is 9.37 Å². The van der Waals surface area contributed by atoms with Gasteiger partial charge in [-0.05, 0) is 26.8 Å². The number of anilines is 1. The van der Waals surface area contributed by atoms with Gasteiger partial charge in [0.1, 0.15) is 12.4 Å². The second-order valence-corrected chi connectivity index (χ2v) is 10.3. The van der Waals surface area contributed by atoms with Crippen molar-refractivity contribution >= 4 is 28.3 Å². The van der Waals surface area contributed by atoms with E-state index in [4.69, 9.17) is 11.6 Å². The molecule has 0 aromatic carbocycles. The Morgan fingerprint density at radius 2 is 1.91 bits per heavy atom. The number of aryl methyl sites for hydroxylation is 1. The van der Waals surface area contributed by atoms with Crippen LogP contribution in [0.3, 0.4) is 0 Å². The first-order valence-corrected chi connectivity index (χ1v) is 11.7. The van der Waals surface area contributed by atoms with Crippen molar-refractivity contribution in [2.24, 2.45) is 7.05 Å². The van der Waals surface area contributed by atoms with Gasteiger partial charge in [-0.1, -0.05) is 11.6 Å². The van der Waals surface area contributed by atoms with Crippen molar-refractivity contribution in [3.05, 3.63) is 47.4 Å². The fourth-order valence-corrected chi connectivity index (χ4v) is 4.67. The lowest BCUT2D eigenvalue weighted by Crippen LogP contribution is -2.42. The number of pyridine rings is 2. The Balaban J connectivity index is 1.55. The number of piperidine rings is 1. The van der Waals surface area contributed by atoms with E-state index in [1.165, 1.54) is 12.5 Å². The number of halogens is 2. The molecule has 1 fully saturated rings. The van der Waals surface area contributed by atoms with E-state index < -0.39 is 5.67 Å². The molecule has 4 aromatic heterocycles. The van der Waals surface area contributed by atoms with E-state index in [0.717, 1.165) is 10.9 Å². The van der Waals surface area contributed by atoms with Crippen molar-refractivity contribution in [1.29, 1.82) is 5.26 Å². The second kappa shape index (κ2) is 8.27. The Morgan fingerprint density at radius 3 is 2.54 bits per heavy atom. The molecule has 0 aliphatic carbocycles. The Labute approximate surface area is 207 Å². The van der Waals surface area contributed by atoms with Gasteiger partial charge >= 0.3 is 0 Å². The minimum Gasteiger partial charge on any atom is -0.368 e. The molecule has 0 amide bonds. The molecule has 0 spiro atoms. The van der Waals surface area contributed by atoms with E-state index in [-0.39, 0.29) is 23.4 Å². The molecule has 5 heterocycles. The summed E-state index contributed by atoms with van der Waals surface area (Å²) in [7, 11) is 1.74. The average Bonchev–Trinajstić information content (AvgIpc) is 3.45. The zero-order valence-electron chi connectivity index (χ0n) is 20.0. The average molecular weight is 494 g/mol. The lowest BCUT2D eigenvalue weighted by molar-refractivity contribution is 0.109. The summed E-state index contributed by atoms with van der Waals surface area (Å²) in [6.45, 7) is 6.94. The Kier molecular flexibility index (Phi) is 5.48. The standard InChI is InChI=1S/C24H25ClFN9/c1-23(2,3)35-13-16-9-15(11-29-21(16)32-35)19-20(17(10-27)18(25)12-28-19)34-7-5-24(26,6-8-34)22-31-30-14-33(22)4/h9,11-14H,5-8H2,1-4H3. The quantitative estimate of drug-likeness (QED) is 0.417. The molecule has 4 aromatic rings. The van der Waals surface area contributed by atoms with Gasteiger partial charge in [-0.3, -0.25) is 9.67 Å². The molecule has 0 bridgehead atoms. The van der Waals surface area contributed by atoms with Crippen LogP contribution in [-0.2, 0) is 18.3 Å². The molecule has 1 saturated heterocycles. The third-order valence-electron chi connectivity index (χ3n) is 6.42. The van der Waals surface area contributed by atoms with Crippen LogP contribution in [0.1, 0.15) is 45.0 Å². The van der Waals surface area contributed by atoms with Gasteiger partial charge in [-0.15, -0.1) is 10.2 Å². The molecule has 0 saturated carbocycles. The largest absolute Gasteiger partial charge is 0.368 e. The number of alkyl halides is 1. The van der Waals surface area contributed by atoms with Crippen molar-refractivity contribution in [2.45, 2.75) is 44.8 Å². The van der Waals surface area contributed by atoms with Gasteiger partial charge in [0, 0.05) is 62.5 Å². The number of hydrogen-bond donors (Lipinski definition) is 0. The van der Waals surface area contributed by atoms with Crippen molar-refractivity contribution in [1.82, 2.24) is 34.5 Å². The zero-order valence-corrected chi connectivity index (χ0v) is 20.8. The summed E-state index contributed by atoms with van der Waals surface area (Å²) in [5, 5.41) is 23.4. The van der Waals surface area contributed by atoms with Crippen LogP contribution in [0.5, 0.6) is 0 Å². The summed E-state index contributed by atoms with van der Waals surface area (Å²) < 4.78 is 19.3. The number of fused-ring (bicyclic) bond motifs is 1. The lowest BCUT2D eigenvalue weighted by Gasteiger charge is -2.37. The highest BCUT2D eigenvalue weighted by Crippen LogP contribution is 2.42. The molecule has 0 atom stereocenters. The number of rotatable bonds is 3. The molecule has 35 heavy (non-hydrogen) atoms. The van der Waals surface area contributed by atoms with Crippen molar-refractivity contribution in [2.75, 3.05) is 18.0 Å². The maximum absolute atomic E-state index is 15.8. The van der Waals surface area contributed by atoms with E-state index in [0.29, 0.717) is 41.5 Å². The molecular weight excluding hydrogens is 469 g/mol. The van der Waals surface area contributed by atoms with Gasteiger partial charge in [0.15, 0.2) is 17.1 Å². The highest BCUT2D eigenvalue weighted by atomic mass is 35.5. The molecule has 0 unspecified atom stereocenters. The van der Waals surface area contributed by atoms with E-state index in [2.05, 4.69) is 52.1 Å². The Hall–Kier alpha value is -3.58. The first-order valence-electron chi connectivity index (χ1n) is 11.3. The fourth-order valence-electron chi connectivity index (χ4n) is 4.49. The second-order valence-electron chi connectivity index (χ2n) is 9.89. The minimum atomic E-state index is -1.59. The first kappa shape index (κ1) is 23.2. The normalized spacial score (nSPS) is 16.0. The van der Waals surface area contributed by atoms with Gasteiger partial charge in [0.2, 0.25) is 0 Å². The van der Waals surface area contributed by atoms with Crippen LogP contribution in [0.15, 0.2) is 31.0 Å². The maximum atomic E-state index is 15.8. The van der Waals surface area contributed by atoms with Crippen molar-refractivity contribution in [3.63, 3.8) is 0 Å². The number of hydrogen-bond acceptors (Lipinski definition) is 7. The summed E-state index contributed by atoms with van der Waals surface area (Å²) in [5.41, 5.74) is 1.06. The number of nitriles is 1. The molecule has 11 heteroatoms. The summed E-state index contributed by atoms with van der Waals surface area (Å²) in [5.74, 6) is 0.313. The predicted octanol–water partition coefficient (Wildman–Crippen LogP) is 4.37. The highest BCUT2D eigenvalue weighted by molar-refractivity contribution is 6.32. The van der Waals surface area contributed by atoms with Crippen LogP contribution in [-0.4, -0.2) is 47.6 Å². The van der Waals surface area contributed by atoms with E-state index in [1.54, 1.807) is 17.8 Å². The van der Waals surface area contributed by atoms with Gasteiger partial charge in [-0.2, -0.15) is 10.4 Å². The smallest absolute Gasteiger partial charge is 0.181 e. The van der Waals surface area contributed by atoms with E-state index in [1.807, 2.05) is 21.8 Å². The van der Waals surface area contributed by atoms with Crippen molar-refractivity contribution < 1.29 is 4.39 Å². The Morgan fingerprint density at radius 1 is 1.17 bits per heavy atom. The van der Waals surface area contributed by atoms with Crippen LogP contribution in [0.2, 0.25) is 5.02 Å². The molecule has 0 radical (unpaired) electrons. The van der Waals surface area contributed by atoms with Crippen molar-refractivity contribution in [3.8, 4) is 17.3 Å². The van der Waals surface area contributed by atoms with Crippen LogP contribution < -0.4 is 4.90 Å². The Bertz CT molecular complexity index is 1450. The van der Waals surface area contributed by atoms with Gasteiger partial charge < -0.3 is 9.47 Å². The van der Waals surface area contributed by atoms with Crippen LogP contribution in [0, 0.1) is 11.3 Å². The molecule has 1 aliphatic rings. The molecule has 180 valence electrons.